The fraction of sp³-hybridized carbons (Fsp3) is 0.488. The van der Waals surface area contributed by atoms with Crippen LogP contribution < -0.4 is 39.0 Å². The summed E-state index contributed by atoms with van der Waals surface area (Å²) in [5.41, 5.74) is 27.9. The van der Waals surface area contributed by atoms with E-state index in [4.69, 9.17) is 0 Å². The van der Waals surface area contributed by atoms with E-state index in [1.807, 2.05) is 0 Å². The van der Waals surface area contributed by atoms with Gasteiger partial charge in [0.2, 0.25) is 22.8 Å². The minimum atomic E-state index is -1.36. The Morgan fingerprint density at radius 3 is 1.03 bits per heavy atom. The zero-order valence-electron chi connectivity index (χ0n) is 66.4. The Bertz CT molecular complexity index is 3940. The molecule has 0 spiro atoms. The van der Waals surface area contributed by atoms with Crippen LogP contribution in [0.25, 0.3) is 45.0 Å². The topological polar surface area (TPSA) is 15.5 Å². The van der Waals surface area contributed by atoms with Crippen LogP contribution in [-0.4, -0.2) is 32.3 Å². The van der Waals surface area contributed by atoms with Crippen molar-refractivity contribution in [1.29, 1.82) is 0 Å². The summed E-state index contributed by atoms with van der Waals surface area (Å²) in [7, 11) is 3.40. The smallest absolute Gasteiger partial charge is 0.201 e. The van der Waals surface area contributed by atoms with Gasteiger partial charge in [-0.15, -0.1) is 0 Å². The molecule has 8 rings (SSSR count). The van der Waals surface area contributed by atoms with Crippen molar-refractivity contribution in [3.63, 3.8) is 0 Å². The van der Waals surface area contributed by atoms with Gasteiger partial charge in [-0.25, -0.2) is 18.3 Å². The number of benzene rings is 4. The number of hydrogen-bond acceptors (Lipinski definition) is 0. The van der Waals surface area contributed by atoms with Crippen molar-refractivity contribution in [3.8, 4) is 45.0 Å². The van der Waals surface area contributed by atoms with Crippen LogP contribution in [0.2, 0.25) is 78.6 Å². The van der Waals surface area contributed by atoms with Gasteiger partial charge < -0.3 is 0 Å². The molecule has 0 unspecified atom stereocenters. The molecule has 4 aromatic heterocycles. The summed E-state index contributed by atoms with van der Waals surface area (Å²) in [6, 6.07) is 37.3. The van der Waals surface area contributed by atoms with Crippen LogP contribution in [0.3, 0.4) is 0 Å². The van der Waals surface area contributed by atoms with E-state index < -0.39 is 32.3 Å². The van der Waals surface area contributed by atoms with Gasteiger partial charge in [-0.3, -0.25) is 0 Å². The SMILES string of the molecule is Cc1cc(C(C)(C)C)ccc1-c1cc(C)c([Si](C)(C)C)c[n+]1C.Cc1ccc(C(C)C)cc1-c1cc(C(C)C)c([Si](C)(C)C)c[n+]1C.Cc1ccc(C)c(-c2cc(C(C)C)c([Si](C)(C)C)c[n+]2C)c1.Cc1ccc(CC(C)C)cc1-c1cc(C(C)C)c([Si](C)(C)C)c[n+]1C. The molecule has 0 fully saturated rings. The van der Waals surface area contributed by atoms with Gasteiger partial charge in [0.15, 0.2) is 24.8 Å². The van der Waals surface area contributed by atoms with Gasteiger partial charge in [-0.2, -0.15) is 0 Å². The molecule has 0 amide bonds. The Hall–Kier alpha value is -5.65. The van der Waals surface area contributed by atoms with Crippen molar-refractivity contribution in [3.05, 3.63) is 189 Å². The van der Waals surface area contributed by atoms with Crippen LogP contribution in [-0.2, 0) is 40.0 Å². The normalized spacial score (nSPS) is 12.3. The molecule has 0 N–H and O–H groups in total. The number of aryl methyl sites for hydroxylation is 10. The second-order valence-electron chi connectivity index (χ2n) is 34.8. The van der Waals surface area contributed by atoms with Gasteiger partial charge in [0, 0.05) is 67.3 Å². The zero-order valence-corrected chi connectivity index (χ0v) is 70.4. The Morgan fingerprint density at radius 2 is 0.681 bits per heavy atom. The summed E-state index contributed by atoms with van der Waals surface area (Å²) in [5, 5.41) is 6.30. The van der Waals surface area contributed by atoms with Crippen LogP contribution in [0.1, 0.15) is 180 Å². The van der Waals surface area contributed by atoms with E-state index in [9.17, 15) is 0 Å². The van der Waals surface area contributed by atoms with Crippen molar-refractivity contribution in [2.45, 2.75) is 246 Å². The number of aromatic nitrogens is 4. The first-order chi connectivity index (χ1) is 43.0. The third-order valence-corrected chi connectivity index (χ3v) is 27.2. The van der Waals surface area contributed by atoms with Crippen molar-refractivity contribution >= 4 is 53.0 Å². The van der Waals surface area contributed by atoms with Crippen molar-refractivity contribution in [2.75, 3.05) is 0 Å². The molecule has 508 valence electrons. The highest BCUT2D eigenvalue weighted by atomic mass is 28.3. The average Bonchev–Trinajstić information content (AvgIpc) is 0.804. The molecule has 4 heterocycles. The van der Waals surface area contributed by atoms with E-state index in [1.54, 1.807) is 20.7 Å². The number of nitrogens with zero attached hydrogens (tertiary/aromatic N) is 4. The van der Waals surface area contributed by atoms with E-state index in [0.29, 0.717) is 29.6 Å². The first-order valence-electron chi connectivity index (χ1n) is 35.6. The van der Waals surface area contributed by atoms with E-state index in [1.165, 1.54) is 112 Å². The number of rotatable bonds is 14. The van der Waals surface area contributed by atoms with Gasteiger partial charge >= 0.3 is 0 Å². The Balaban J connectivity index is 0.000000227. The molecule has 4 nitrogen and oxygen atoms in total. The quantitative estimate of drug-likeness (QED) is 0.0762. The maximum atomic E-state index is 2.46. The van der Waals surface area contributed by atoms with Crippen LogP contribution in [0.4, 0.5) is 0 Å². The predicted octanol–water partition coefficient (Wildman–Crippen LogP) is 19.7. The highest BCUT2D eigenvalue weighted by Gasteiger charge is 2.32. The summed E-state index contributed by atoms with van der Waals surface area (Å²) in [6.07, 6.45) is 10.7. The lowest BCUT2D eigenvalue weighted by molar-refractivity contribution is -0.659. The summed E-state index contributed by atoms with van der Waals surface area (Å²) in [4.78, 5) is 0. The van der Waals surface area contributed by atoms with Crippen LogP contribution in [0, 0.1) is 47.5 Å². The zero-order chi connectivity index (χ0) is 71.4. The lowest BCUT2D eigenvalue weighted by atomic mass is 9.85. The molecule has 0 atom stereocenters. The third kappa shape index (κ3) is 20.2. The highest BCUT2D eigenvalue weighted by molar-refractivity contribution is 6.90. The van der Waals surface area contributed by atoms with Gasteiger partial charge in [0.1, 0.15) is 28.2 Å². The van der Waals surface area contributed by atoms with E-state index >= 15 is 0 Å². The van der Waals surface area contributed by atoms with Gasteiger partial charge in [-0.05, 0) is 168 Å². The summed E-state index contributed by atoms with van der Waals surface area (Å²) in [6.45, 7) is 72.4. The second kappa shape index (κ2) is 31.3. The Labute approximate surface area is 580 Å². The van der Waals surface area contributed by atoms with Gasteiger partial charge in [0.05, 0.1) is 32.3 Å². The van der Waals surface area contributed by atoms with Crippen molar-refractivity contribution in [2.24, 2.45) is 34.1 Å². The summed E-state index contributed by atoms with van der Waals surface area (Å²) in [5.74, 6) is 2.91. The van der Waals surface area contributed by atoms with E-state index in [0.717, 1.165) is 6.42 Å². The third-order valence-electron chi connectivity index (χ3n) is 19.0. The second-order valence-corrected chi connectivity index (χ2v) is 55.0. The molecular formula is C86H132N4Si4+4. The largest absolute Gasteiger partial charge is 0.212 e. The van der Waals surface area contributed by atoms with Gasteiger partial charge in [0.25, 0.3) is 0 Å². The van der Waals surface area contributed by atoms with Crippen LogP contribution in [0.5, 0.6) is 0 Å². The van der Waals surface area contributed by atoms with Crippen molar-refractivity contribution in [1.82, 2.24) is 0 Å². The highest BCUT2D eigenvalue weighted by Crippen LogP contribution is 2.32. The maximum absolute atomic E-state index is 2.46. The molecular weight excluding hydrogens is 1200 g/mol. The number of hydrogen-bond donors (Lipinski definition) is 0. The molecule has 0 radical (unpaired) electrons. The Kier molecular flexibility index (Phi) is 26.3. The molecule has 0 bridgehead atoms. The molecule has 0 aliphatic carbocycles. The predicted molar refractivity (Wildman–Crippen MR) is 426 cm³/mol. The number of pyridine rings is 4. The Morgan fingerprint density at radius 1 is 0.330 bits per heavy atom. The van der Waals surface area contributed by atoms with Crippen molar-refractivity contribution < 1.29 is 18.3 Å². The average molecular weight is 1330 g/mol. The molecule has 94 heavy (non-hydrogen) atoms. The minimum Gasteiger partial charge on any atom is -0.201 e. The van der Waals surface area contributed by atoms with E-state index in [2.05, 4.69) is 378 Å². The summed E-state index contributed by atoms with van der Waals surface area (Å²) >= 11 is 0. The molecule has 8 heteroatoms. The first-order valence-corrected chi connectivity index (χ1v) is 49.6. The molecule has 0 saturated heterocycles. The molecule has 0 saturated carbocycles. The molecule has 0 aliphatic rings. The summed E-state index contributed by atoms with van der Waals surface area (Å²) < 4.78 is 9.31. The lowest BCUT2D eigenvalue weighted by Gasteiger charge is -2.22. The van der Waals surface area contributed by atoms with Gasteiger partial charge in [-0.1, -0.05) is 223 Å². The minimum absolute atomic E-state index is 0.198. The van der Waals surface area contributed by atoms with E-state index in [-0.39, 0.29) is 5.41 Å². The standard InChI is InChI=1S/C23H36NSi.C22H34NSi.C21H32NSi.C20H30NSi/c1-16(2)12-19-11-10-18(5)21(13-19)22-14-20(17(3)4)23(15-24(22)6)25(7,8)9;1-15(2)18-11-10-17(5)20(12-18)21-13-19(16(3)4)22(14-23(21)6)24(7,8)9;1-15-12-17(21(3,4)5)10-11-18(15)19-13-16(2)20(14-22(19)6)23(7,8)9;1-14(2)17-12-19(18-11-15(3)9-10-16(18)4)21(5)13-20(17)22(6,7)8/h10-11,13-17H,12H2,1-9H3;10-16H,1-9H3;10-14H,1-9H3;9-14H,1-8H3/q4*+1. The molecule has 0 aliphatic heterocycles. The monoisotopic (exact) mass is 1330 g/mol. The fourth-order valence-corrected chi connectivity index (χ4v) is 20.4. The first kappa shape index (κ1) is 79.0. The lowest BCUT2D eigenvalue weighted by Crippen LogP contribution is -2.47. The fourth-order valence-electron chi connectivity index (χ4n) is 13.2. The van der Waals surface area contributed by atoms with Crippen LogP contribution >= 0.6 is 0 Å². The maximum Gasteiger partial charge on any atom is 0.212 e. The van der Waals surface area contributed by atoms with Crippen LogP contribution in [0.15, 0.2) is 122 Å². The molecule has 4 aromatic carbocycles. The molecule has 8 aromatic rings.